The number of benzene rings is 1. The summed E-state index contributed by atoms with van der Waals surface area (Å²) in [6, 6.07) is 8.17. The molecule has 0 spiro atoms. The number of furan rings is 1. The van der Waals surface area contributed by atoms with Crippen molar-refractivity contribution in [1.82, 2.24) is 0 Å². The summed E-state index contributed by atoms with van der Waals surface area (Å²) >= 11 is 3.48. The molecule has 1 fully saturated rings. The minimum Gasteiger partial charge on any atom is -0.458 e. The molecule has 1 aromatic carbocycles. The van der Waals surface area contributed by atoms with Gasteiger partial charge in [-0.2, -0.15) is 0 Å². The maximum absolute atomic E-state index is 6.11. The second-order valence-electron chi connectivity index (χ2n) is 4.17. The maximum atomic E-state index is 6.11. The minimum absolute atomic E-state index is 0.0734. The summed E-state index contributed by atoms with van der Waals surface area (Å²) in [5.74, 6) is 1.55. The van der Waals surface area contributed by atoms with Crippen molar-refractivity contribution in [1.29, 1.82) is 0 Å². The summed E-state index contributed by atoms with van der Waals surface area (Å²) < 4.78 is 6.78. The quantitative estimate of drug-likeness (QED) is 0.901. The van der Waals surface area contributed by atoms with Crippen LogP contribution in [0.4, 0.5) is 0 Å². The van der Waals surface area contributed by atoms with Gasteiger partial charge in [-0.05, 0) is 46.8 Å². The van der Waals surface area contributed by atoms with Crippen LogP contribution in [0.15, 0.2) is 33.2 Å². The first-order chi connectivity index (χ1) is 7.25. The highest BCUT2D eigenvalue weighted by Crippen LogP contribution is 2.41. The van der Waals surface area contributed by atoms with Gasteiger partial charge in [-0.1, -0.05) is 12.1 Å². The summed E-state index contributed by atoms with van der Waals surface area (Å²) in [6.45, 7) is 0. The molecule has 2 aromatic rings. The first-order valence-electron chi connectivity index (χ1n) is 5.19. The van der Waals surface area contributed by atoms with Gasteiger partial charge in [0.05, 0.1) is 10.5 Å². The number of rotatable bonds is 2. The van der Waals surface area contributed by atoms with Gasteiger partial charge >= 0.3 is 0 Å². The minimum atomic E-state index is 0.0734. The van der Waals surface area contributed by atoms with Gasteiger partial charge in [-0.25, -0.2) is 0 Å². The number of fused-ring (bicyclic) bond motifs is 1. The van der Waals surface area contributed by atoms with Crippen LogP contribution in [0.1, 0.15) is 24.6 Å². The van der Waals surface area contributed by atoms with E-state index in [2.05, 4.69) is 22.0 Å². The largest absolute Gasteiger partial charge is 0.458 e. The van der Waals surface area contributed by atoms with E-state index in [0.29, 0.717) is 5.92 Å². The molecule has 1 aliphatic carbocycles. The van der Waals surface area contributed by atoms with E-state index >= 15 is 0 Å². The van der Waals surface area contributed by atoms with Crippen LogP contribution in [0.3, 0.4) is 0 Å². The fraction of sp³-hybridized carbons (Fsp3) is 0.333. The van der Waals surface area contributed by atoms with Gasteiger partial charge in [-0.3, -0.25) is 0 Å². The lowest BCUT2D eigenvalue weighted by molar-refractivity contribution is 0.466. The average Bonchev–Trinajstić information content (AvgIpc) is 2.97. The molecule has 0 aliphatic heterocycles. The smallest absolute Gasteiger partial charge is 0.148 e. The third-order valence-electron chi connectivity index (χ3n) is 2.97. The number of halogens is 1. The van der Waals surface area contributed by atoms with Crippen molar-refractivity contribution in [3.63, 3.8) is 0 Å². The fourth-order valence-electron chi connectivity index (χ4n) is 1.90. The first kappa shape index (κ1) is 9.43. The molecule has 3 heteroatoms. The highest BCUT2D eigenvalue weighted by Gasteiger charge is 2.31. The normalized spacial score (nSPS) is 18.3. The molecule has 15 heavy (non-hydrogen) atoms. The van der Waals surface area contributed by atoms with E-state index in [9.17, 15) is 0 Å². The van der Waals surface area contributed by atoms with Crippen LogP contribution in [-0.4, -0.2) is 0 Å². The maximum Gasteiger partial charge on any atom is 0.148 e. The Labute approximate surface area is 96.6 Å². The summed E-state index contributed by atoms with van der Waals surface area (Å²) in [5, 5.41) is 1.12. The summed E-state index contributed by atoms with van der Waals surface area (Å²) in [7, 11) is 0. The topological polar surface area (TPSA) is 39.2 Å². The van der Waals surface area contributed by atoms with Crippen LogP contribution in [0, 0.1) is 5.92 Å². The molecule has 0 amide bonds. The summed E-state index contributed by atoms with van der Waals surface area (Å²) in [4.78, 5) is 0. The van der Waals surface area contributed by atoms with Crippen molar-refractivity contribution >= 4 is 26.9 Å². The standard InChI is InChI=1S/C12H12BrNO/c13-9-3-1-2-8-6-10(15-12(8)9)11(14)7-4-5-7/h1-3,6-7,11H,4-5,14H2. The Morgan fingerprint density at radius 2 is 2.20 bits per heavy atom. The molecule has 78 valence electrons. The molecule has 1 atom stereocenters. The number of hydrogen-bond acceptors (Lipinski definition) is 2. The van der Waals surface area contributed by atoms with E-state index in [-0.39, 0.29) is 6.04 Å². The van der Waals surface area contributed by atoms with Gasteiger partial charge in [0, 0.05) is 5.39 Å². The molecular weight excluding hydrogens is 254 g/mol. The van der Waals surface area contributed by atoms with Gasteiger partial charge in [0.15, 0.2) is 0 Å². The van der Waals surface area contributed by atoms with Crippen molar-refractivity contribution in [3.8, 4) is 0 Å². The molecule has 2 N–H and O–H groups in total. The Morgan fingerprint density at radius 1 is 1.40 bits per heavy atom. The molecule has 3 rings (SSSR count). The highest BCUT2D eigenvalue weighted by atomic mass is 79.9. The van der Waals surface area contributed by atoms with E-state index in [1.165, 1.54) is 12.8 Å². The zero-order chi connectivity index (χ0) is 10.4. The zero-order valence-electron chi connectivity index (χ0n) is 8.24. The van der Waals surface area contributed by atoms with Crippen LogP contribution in [0.5, 0.6) is 0 Å². The van der Waals surface area contributed by atoms with Crippen molar-refractivity contribution in [3.05, 3.63) is 34.5 Å². The van der Waals surface area contributed by atoms with Gasteiger partial charge in [0.25, 0.3) is 0 Å². The van der Waals surface area contributed by atoms with E-state index in [1.54, 1.807) is 0 Å². The average molecular weight is 266 g/mol. The third kappa shape index (κ3) is 1.60. The highest BCUT2D eigenvalue weighted by molar-refractivity contribution is 9.10. The van der Waals surface area contributed by atoms with Gasteiger partial charge in [0.2, 0.25) is 0 Å². The lowest BCUT2D eigenvalue weighted by Gasteiger charge is -2.04. The summed E-state index contributed by atoms with van der Waals surface area (Å²) in [5.41, 5.74) is 7.01. The van der Waals surface area contributed by atoms with Crippen LogP contribution in [0.2, 0.25) is 0 Å². The molecule has 1 unspecified atom stereocenters. The fourth-order valence-corrected chi connectivity index (χ4v) is 2.36. The lowest BCUT2D eigenvalue weighted by Crippen LogP contribution is -2.10. The van der Waals surface area contributed by atoms with Crippen molar-refractivity contribution < 1.29 is 4.42 Å². The van der Waals surface area contributed by atoms with Gasteiger partial charge < -0.3 is 10.2 Å². The van der Waals surface area contributed by atoms with Crippen molar-refractivity contribution in [2.24, 2.45) is 11.7 Å². The Kier molecular flexibility index (Phi) is 2.11. The van der Waals surface area contributed by atoms with Crippen LogP contribution in [-0.2, 0) is 0 Å². The van der Waals surface area contributed by atoms with Crippen LogP contribution < -0.4 is 5.73 Å². The van der Waals surface area contributed by atoms with E-state index in [4.69, 9.17) is 10.2 Å². The monoisotopic (exact) mass is 265 g/mol. The molecule has 0 radical (unpaired) electrons. The van der Waals surface area contributed by atoms with Crippen LogP contribution in [0.25, 0.3) is 11.0 Å². The van der Waals surface area contributed by atoms with Crippen LogP contribution >= 0.6 is 15.9 Å². The number of hydrogen-bond donors (Lipinski definition) is 1. The molecule has 1 heterocycles. The molecule has 0 saturated heterocycles. The van der Waals surface area contributed by atoms with Gasteiger partial charge in [-0.15, -0.1) is 0 Å². The molecule has 0 bridgehead atoms. The van der Waals surface area contributed by atoms with Crippen molar-refractivity contribution in [2.75, 3.05) is 0 Å². The molecule has 1 aromatic heterocycles. The number of nitrogens with two attached hydrogens (primary N) is 1. The lowest BCUT2D eigenvalue weighted by atomic mass is 10.1. The van der Waals surface area contributed by atoms with Gasteiger partial charge in [0.1, 0.15) is 11.3 Å². The van der Waals surface area contributed by atoms with Crippen molar-refractivity contribution in [2.45, 2.75) is 18.9 Å². The van der Waals surface area contributed by atoms with E-state index in [0.717, 1.165) is 21.2 Å². The Morgan fingerprint density at radius 3 is 2.87 bits per heavy atom. The molecule has 1 saturated carbocycles. The third-order valence-corrected chi connectivity index (χ3v) is 3.60. The Bertz CT molecular complexity index is 501. The predicted octanol–water partition coefficient (Wildman–Crippen LogP) is 3.61. The molecule has 2 nitrogen and oxygen atoms in total. The molecule has 1 aliphatic rings. The molecular formula is C12H12BrNO. The second kappa shape index (κ2) is 3.35. The Balaban J connectivity index is 2.09. The van der Waals surface area contributed by atoms with E-state index in [1.807, 2.05) is 18.2 Å². The number of para-hydroxylation sites is 1. The first-order valence-corrected chi connectivity index (χ1v) is 5.98. The second-order valence-corrected chi connectivity index (χ2v) is 5.02. The zero-order valence-corrected chi connectivity index (χ0v) is 9.83. The predicted molar refractivity (Wildman–Crippen MR) is 63.6 cm³/mol. The summed E-state index contributed by atoms with van der Waals surface area (Å²) in [6.07, 6.45) is 2.47. The SMILES string of the molecule is NC(c1cc2cccc(Br)c2o1)C1CC1. The van der Waals surface area contributed by atoms with E-state index < -0.39 is 0 Å². The Hall–Kier alpha value is -0.800.